The number of benzene rings is 1. The number of anilines is 2. The molecule has 0 atom stereocenters. The van der Waals surface area contributed by atoms with E-state index in [1.165, 1.54) is 18.7 Å². The number of alkyl halides is 3. The second kappa shape index (κ2) is 8.41. The first-order valence-electron chi connectivity index (χ1n) is 7.18. The topological polar surface area (TPSA) is 71.1 Å². The van der Waals surface area contributed by atoms with Gasteiger partial charge in [-0.15, -0.1) is 11.8 Å². The maximum Gasteiger partial charge on any atom is 0.417 e. The number of nitrogens with zero attached hydrogens (tertiary/aromatic N) is 1. The van der Waals surface area contributed by atoms with Crippen LogP contribution < -0.4 is 10.6 Å². The van der Waals surface area contributed by atoms with Crippen LogP contribution in [0.5, 0.6) is 0 Å². The summed E-state index contributed by atoms with van der Waals surface area (Å²) in [5, 5.41) is 4.70. The van der Waals surface area contributed by atoms with Crippen LogP contribution in [0, 0.1) is 0 Å². The van der Waals surface area contributed by atoms with E-state index in [-0.39, 0.29) is 22.5 Å². The van der Waals surface area contributed by atoms with Crippen LogP contribution >= 0.6 is 23.4 Å². The van der Waals surface area contributed by atoms with Gasteiger partial charge in [0, 0.05) is 23.7 Å². The Hall–Kier alpha value is -2.26. The molecule has 0 unspecified atom stereocenters. The van der Waals surface area contributed by atoms with Crippen molar-refractivity contribution < 1.29 is 22.8 Å². The van der Waals surface area contributed by atoms with Crippen molar-refractivity contribution in [2.45, 2.75) is 18.0 Å². The Balaban J connectivity index is 1.92. The third-order valence-electron chi connectivity index (χ3n) is 2.97. The highest BCUT2D eigenvalue weighted by atomic mass is 35.5. The van der Waals surface area contributed by atoms with E-state index < -0.39 is 17.6 Å². The van der Waals surface area contributed by atoms with Crippen molar-refractivity contribution >= 4 is 46.7 Å². The van der Waals surface area contributed by atoms with E-state index in [1.807, 2.05) is 0 Å². The van der Waals surface area contributed by atoms with Gasteiger partial charge in [0.25, 0.3) is 0 Å². The van der Waals surface area contributed by atoms with Crippen LogP contribution in [0.25, 0.3) is 0 Å². The predicted molar refractivity (Wildman–Crippen MR) is 94.3 cm³/mol. The quantitative estimate of drug-likeness (QED) is 0.724. The first-order chi connectivity index (χ1) is 12.1. The van der Waals surface area contributed by atoms with Gasteiger partial charge in [0.05, 0.1) is 16.3 Å². The summed E-state index contributed by atoms with van der Waals surface area (Å²) in [7, 11) is 0. The molecule has 0 aliphatic carbocycles. The summed E-state index contributed by atoms with van der Waals surface area (Å²) in [4.78, 5) is 27.2. The molecular formula is C16H13ClF3N3O2S. The van der Waals surface area contributed by atoms with Crippen molar-refractivity contribution in [3.8, 4) is 0 Å². The van der Waals surface area contributed by atoms with Crippen LogP contribution in [-0.2, 0) is 15.8 Å². The van der Waals surface area contributed by atoms with E-state index in [9.17, 15) is 22.8 Å². The molecule has 1 aromatic heterocycles. The van der Waals surface area contributed by atoms with Gasteiger partial charge in [0.15, 0.2) is 5.82 Å². The van der Waals surface area contributed by atoms with Crippen molar-refractivity contribution in [3.63, 3.8) is 0 Å². The standard InChI is InChI=1S/C16H13ClF3N3O2S/c1-9(24)22-11-2-4-12(5-3-11)26-8-14(25)23-15-13(17)6-10(7-21-15)16(18,19)20/h2-7H,8H2,1H3,(H,22,24)(H,21,23,25). The second-order valence-corrected chi connectivity index (χ2v) is 6.55. The molecule has 26 heavy (non-hydrogen) atoms. The smallest absolute Gasteiger partial charge is 0.326 e. The van der Waals surface area contributed by atoms with Gasteiger partial charge in [-0.25, -0.2) is 4.98 Å². The van der Waals surface area contributed by atoms with Crippen molar-refractivity contribution in [2.24, 2.45) is 0 Å². The molecule has 2 aromatic rings. The minimum Gasteiger partial charge on any atom is -0.326 e. The summed E-state index contributed by atoms with van der Waals surface area (Å²) >= 11 is 6.95. The van der Waals surface area contributed by atoms with E-state index in [0.717, 1.165) is 4.90 Å². The number of halogens is 4. The van der Waals surface area contributed by atoms with Gasteiger partial charge in [-0.05, 0) is 30.3 Å². The molecule has 0 aliphatic heterocycles. The Bertz CT molecular complexity index is 813. The van der Waals surface area contributed by atoms with Gasteiger partial charge in [-0.1, -0.05) is 11.6 Å². The molecule has 0 saturated heterocycles. The van der Waals surface area contributed by atoms with Gasteiger partial charge < -0.3 is 10.6 Å². The summed E-state index contributed by atoms with van der Waals surface area (Å²) < 4.78 is 37.7. The highest BCUT2D eigenvalue weighted by molar-refractivity contribution is 8.00. The predicted octanol–water partition coefficient (Wildman–Crippen LogP) is 4.44. The maximum absolute atomic E-state index is 12.6. The SMILES string of the molecule is CC(=O)Nc1ccc(SCC(=O)Nc2ncc(C(F)(F)F)cc2Cl)cc1. The first kappa shape index (κ1) is 20.1. The molecule has 5 nitrogen and oxygen atoms in total. The fourth-order valence-electron chi connectivity index (χ4n) is 1.84. The van der Waals surface area contributed by atoms with E-state index >= 15 is 0 Å². The fourth-order valence-corrected chi connectivity index (χ4v) is 2.75. The van der Waals surface area contributed by atoms with Crippen LogP contribution in [-0.4, -0.2) is 22.6 Å². The lowest BCUT2D eigenvalue weighted by Crippen LogP contribution is -2.16. The Kier molecular flexibility index (Phi) is 6.49. The van der Waals surface area contributed by atoms with Crippen LogP contribution in [0.15, 0.2) is 41.4 Å². The van der Waals surface area contributed by atoms with E-state index in [0.29, 0.717) is 18.0 Å². The minimum absolute atomic E-state index is 0.0124. The average molecular weight is 404 g/mol. The van der Waals surface area contributed by atoms with Crippen molar-refractivity contribution in [1.29, 1.82) is 0 Å². The number of thioether (sulfide) groups is 1. The number of carbonyl (C=O) groups is 2. The number of carbonyl (C=O) groups excluding carboxylic acids is 2. The summed E-state index contributed by atoms with van der Waals surface area (Å²) in [5.74, 6) is -0.773. The maximum atomic E-state index is 12.6. The molecular weight excluding hydrogens is 391 g/mol. The summed E-state index contributed by atoms with van der Waals surface area (Å²) in [6.07, 6.45) is -3.95. The second-order valence-electron chi connectivity index (χ2n) is 5.09. The molecule has 0 radical (unpaired) electrons. The number of nitrogens with one attached hydrogen (secondary N) is 2. The van der Waals surface area contributed by atoms with E-state index in [4.69, 9.17) is 11.6 Å². The van der Waals surface area contributed by atoms with Crippen molar-refractivity contribution in [3.05, 3.63) is 47.1 Å². The Labute approximate surface area is 156 Å². The molecule has 2 amide bonds. The Morgan fingerprint density at radius 2 is 1.85 bits per heavy atom. The van der Waals surface area contributed by atoms with Gasteiger partial charge in [-0.2, -0.15) is 13.2 Å². The van der Waals surface area contributed by atoms with Crippen LogP contribution in [0.3, 0.4) is 0 Å². The fraction of sp³-hybridized carbons (Fsp3) is 0.188. The first-order valence-corrected chi connectivity index (χ1v) is 8.54. The van der Waals surface area contributed by atoms with Crippen LogP contribution in [0.2, 0.25) is 5.02 Å². The monoisotopic (exact) mass is 403 g/mol. The largest absolute Gasteiger partial charge is 0.417 e. The molecule has 138 valence electrons. The van der Waals surface area contributed by atoms with E-state index in [1.54, 1.807) is 24.3 Å². The Morgan fingerprint density at radius 3 is 2.38 bits per heavy atom. The molecule has 2 rings (SSSR count). The number of pyridine rings is 1. The van der Waals surface area contributed by atoms with Crippen LogP contribution in [0.1, 0.15) is 12.5 Å². The lowest BCUT2D eigenvalue weighted by Gasteiger charge is -2.10. The minimum atomic E-state index is -4.56. The number of hydrogen-bond donors (Lipinski definition) is 2. The molecule has 0 bridgehead atoms. The average Bonchev–Trinajstić information content (AvgIpc) is 2.54. The molecule has 0 aliphatic rings. The number of amides is 2. The summed E-state index contributed by atoms with van der Waals surface area (Å²) in [5.41, 5.74) is -0.360. The zero-order valence-corrected chi connectivity index (χ0v) is 14.9. The zero-order valence-electron chi connectivity index (χ0n) is 13.4. The molecule has 1 heterocycles. The van der Waals surface area contributed by atoms with Gasteiger partial charge >= 0.3 is 6.18 Å². The van der Waals surface area contributed by atoms with Crippen molar-refractivity contribution in [2.75, 3.05) is 16.4 Å². The lowest BCUT2D eigenvalue weighted by molar-refractivity contribution is -0.137. The zero-order chi connectivity index (χ0) is 19.3. The lowest BCUT2D eigenvalue weighted by atomic mass is 10.3. The highest BCUT2D eigenvalue weighted by Gasteiger charge is 2.31. The third kappa shape index (κ3) is 5.92. The van der Waals surface area contributed by atoms with Gasteiger partial charge in [0.1, 0.15) is 0 Å². The third-order valence-corrected chi connectivity index (χ3v) is 4.27. The molecule has 1 aromatic carbocycles. The van der Waals surface area contributed by atoms with Gasteiger partial charge in [0.2, 0.25) is 11.8 Å². The Morgan fingerprint density at radius 1 is 1.19 bits per heavy atom. The molecule has 0 spiro atoms. The molecule has 10 heteroatoms. The molecule has 0 fully saturated rings. The summed E-state index contributed by atoms with van der Waals surface area (Å²) in [6.45, 7) is 1.40. The molecule has 0 saturated carbocycles. The normalized spacial score (nSPS) is 11.1. The molecule has 2 N–H and O–H groups in total. The number of hydrogen-bond acceptors (Lipinski definition) is 4. The van der Waals surface area contributed by atoms with Gasteiger partial charge in [-0.3, -0.25) is 9.59 Å². The van der Waals surface area contributed by atoms with Crippen molar-refractivity contribution in [1.82, 2.24) is 4.98 Å². The van der Waals surface area contributed by atoms with E-state index in [2.05, 4.69) is 15.6 Å². The number of rotatable bonds is 5. The number of aromatic nitrogens is 1. The van der Waals surface area contributed by atoms with Crippen LogP contribution in [0.4, 0.5) is 24.7 Å². The summed E-state index contributed by atoms with van der Waals surface area (Å²) in [6, 6.07) is 7.54. The highest BCUT2D eigenvalue weighted by Crippen LogP contribution is 2.32.